The van der Waals surface area contributed by atoms with Crippen molar-refractivity contribution in [2.75, 3.05) is 0 Å². The Morgan fingerprint density at radius 1 is 1.13 bits per heavy atom. The summed E-state index contributed by atoms with van der Waals surface area (Å²) in [4.78, 5) is 25.2. The number of hydrazone groups is 1. The van der Waals surface area contributed by atoms with E-state index in [1.54, 1.807) is 24.3 Å². The number of aromatic nitrogens is 2. The molecule has 0 unspecified atom stereocenters. The lowest BCUT2D eigenvalue weighted by atomic mass is 10.1. The SMILES string of the molecule is CCCCn1nc(C(=O)N/N=C\c2ccccc2C(F)(F)F)c2ccccc2c1=O. The number of alkyl halides is 3. The van der Waals surface area contributed by atoms with Crippen molar-refractivity contribution < 1.29 is 18.0 Å². The maximum Gasteiger partial charge on any atom is 0.417 e. The number of carbonyl (C=O) groups is 1. The highest BCUT2D eigenvalue weighted by molar-refractivity contribution is 6.05. The zero-order valence-electron chi connectivity index (χ0n) is 16.1. The van der Waals surface area contributed by atoms with Crippen LogP contribution in [0.2, 0.25) is 0 Å². The van der Waals surface area contributed by atoms with Gasteiger partial charge >= 0.3 is 6.18 Å². The first-order chi connectivity index (χ1) is 14.3. The number of carbonyl (C=O) groups excluding carboxylic acids is 1. The number of halogens is 3. The highest BCUT2D eigenvalue weighted by Crippen LogP contribution is 2.31. The summed E-state index contributed by atoms with van der Waals surface area (Å²) in [5.41, 5.74) is 0.828. The second-order valence-corrected chi connectivity index (χ2v) is 6.56. The van der Waals surface area contributed by atoms with Crippen LogP contribution in [0, 0.1) is 0 Å². The fraction of sp³-hybridized carbons (Fsp3) is 0.238. The summed E-state index contributed by atoms with van der Waals surface area (Å²) in [6, 6.07) is 11.4. The van der Waals surface area contributed by atoms with Crippen molar-refractivity contribution in [2.24, 2.45) is 5.10 Å². The van der Waals surface area contributed by atoms with Gasteiger partial charge < -0.3 is 0 Å². The fourth-order valence-electron chi connectivity index (χ4n) is 2.94. The van der Waals surface area contributed by atoms with E-state index in [2.05, 4.69) is 15.6 Å². The Hall–Kier alpha value is -3.49. The molecule has 0 aliphatic heterocycles. The lowest BCUT2D eigenvalue weighted by Gasteiger charge is -2.10. The van der Waals surface area contributed by atoms with Gasteiger partial charge in [-0.2, -0.15) is 23.4 Å². The number of hydrogen-bond donors (Lipinski definition) is 1. The molecule has 0 bridgehead atoms. The zero-order chi connectivity index (χ0) is 21.7. The number of unbranched alkanes of at least 4 members (excludes halogenated alkanes) is 1. The monoisotopic (exact) mass is 416 g/mol. The smallest absolute Gasteiger partial charge is 0.267 e. The predicted octanol–water partition coefficient (Wildman–Crippen LogP) is 3.98. The van der Waals surface area contributed by atoms with Crippen LogP contribution in [0.4, 0.5) is 13.2 Å². The van der Waals surface area contributed by atoms with Gasteiger partial charge in [0, 0.05) is 17.5 Å². The highest BCUT2D eigenvalue weighted by atomic mass is 19.4. The van der Waals surface area contributed by atoms with Gasteiger partial charge in [-0.3, -0.25) is 9.59 Å². The molecule has 1 heterocycles. The van der Waals surface area contributed by atoms with Gasteiger partial charge in [0.25, 0.3) is 11.5 Å². The van der Waals surface area contributed by atoms with Crippen LogP contribution in [0.15, 0.2) is 58.4 Å². The molecule has 156 valence electrons. The number of benzene rings is 2. The molecule has 0 fully saturated rings. The second-order valence-electron chi connectivity index (χ2n) is 6.56. The van der Waals surface area contributed by atoms with Gasteiger partial charge in [0.1, 0.15) is 0 Å². The molecule has 0 saturated carbocycles. The molecule has 0 radical (unpaired) electrons. The van der Waals surface area contributed by atoms with Crippen LogP contribution in [-0.2, 0) is 12.7 Å². The first kappa shape index (κ1) is 21.2. The average Bonchev–Trinajstić information content (AvgIpc) is 2.73. The molecule has 1 aromatic heterocycles. The molecule has 3 rings (SSSR count). The topological polar surface area (TPSA) is 76.3 Å². The van der Waals surface area contributed by atoms with Crippen LogP contribution in [0.25, 0.3) is 10.8 Å². The third kappa shape index (κ3) is 4.56. The van der Waals surface area contributed by atoms with Gasteiger partial charge in [0.05, 0.1) is 17.2 Å². The maximum absolute atomic E-state index is 13.1. The Morgan fingerprint density at radius 2 is 1.80 bits per heavy atom. The number of fused-ring (bicyclic) bond motifs is 1. The third-order valence-corrected chi connectivity index (χ3v) is 4.44. The van der Waals surface area contributed by atoms with Crippen molar-refractivity contribution in [2.45, 2.75) is 32.5 Å². The minimum Gasteiger partial charge on any atom is -0.267 e. The van der Waals surface area contributed by atoms with Crippen molar-refractivity contribution in [1.29, 1.82) is 0 Å². The molecule has 0 aliphatic rings. The van der Waals surface area contributed by atoms with Crippen LogP contribution < -0.4 is 11.0 Å². The normalized spacial score (nSPS) is 11.9. The molecule has 6 nitrogen and oxygen atoms in total. The van der Waals surface area contributed by atoms with E-state index in [0.29, 0.717) is 23.7 Å². The van der Waals surface area contributed by atoms with Crippen LogP contribution in [0.1, 0.15) is 41.4 Å². The van der Waals surface area contributed by atoms with Crippen molar-refractivity contribution in [1.82, 2.24) is 15.2 Å². The van der Waals surface area contributed by atoms with Gasteiger partial charge in [-0.05, 0) is 18.6 Å². The summed E-state index contributed by atoms with van der Waals surface area (Å²) in [7, 11) is 0. The van der Waals surface area contributed by atoms with E-state index in [-0.39, 0.29) is 16.8 Å². The summed E-state index contributed by atoms with van der Waals surface area (Å²) in [6.07, 6.45) is -2.07. The molecule has 9 heteroatoms. The minimum absolute atomic E-state index is 0.0254. The number of rotatable bonds is 6. The number of amides is 1. The molecule has 30 heavy (non-hydrogen) atoms. The molecule has 2 aromatic carbocycles. The van der Waals surface area contributed by atoms with E-state index in [1.807, 2.05) is 6.92 Å². The number of hydrogen-bond acceptors (Lipinski definition) is 4. The standard InChI is InChI=1S/C21H19F3N4O2/c1-2-3-12-28-20(30)16-10-6-5-9-15(16)18(27-28)19(29)26-25-13-14-8-4-7-11-17(14)21(22,23)24/h4-11,13H,2-3,12H2,1H3,(H,26,29)/b25-13-. The van der Waals surface area contributed by atoms with Gasteiger partial charge in [-0.25, -0.2) is 10.1 Å². The number of nitrogens with one attached hydrogen (secondary N) is 1. The Bertz CT molecular complexity index is 1150. The second kappa shape index (κ2) is 8.89. The average molecular weight is 416 g/mol. The molecule has 1 amide bonds. The first-order valence-corrected chi connectivity index (χ1v) is 9.32. The highest BCUT2D eigenvalue weighted by Gasteiger charge is 2.32. The molecular weight excluding hydrogens is 397 g/mol. The van der Waals surface area contributed by atoms with Crippen molar-refractivity contribution in [3.63, 3.8) is 0 Å². The molecule has 0 aliphatic carbocycles. The van der Waals surface area contributed by atoms with Crippen molar-refractivity contribution >= 4 is 22.9 Å². The molecule has 3 aromatic rings. The molecule has 0 atom stereocenters. The van der Waals surface area contributed by atoms with E-state index < -0.39 is 17.6 Å². The largest absolute Gasteiger partial charge is 0.417 e. The Kier molecular flexibility index (Phi) is 6.29. The molecule has 1 N–H and O–H groups in total. The van der Waals surface area contributed by atoms with Crippen molar-refractivity contribution in [3.8, 4) is 0 Å². The third-order valence-electron chi connectivity index (χ3n) is 4.44. The van der Waals surface area contributed by atoms with E-state index in [1.165, 1.54) is 22.9 Å². The lowest BCUT2D eigenvalue weighted by molar-refractivity contribution is -0.137. The summed E-state index contributed by atoms with van der Waals surface area (Å²) in [5, 5.41) is 8.50. The van der Waals surface area contributed by atoms with Gasteiger partial charge in [0.2, 0.25) is 0 Å². The predicted molar refractivity (Wildman–Crippen MR) is 107 cm³/mol. The summed E-state index contributed by atoms with van der Waals surface area (Å²) < 4.78 is 40.4. The summed E-state index contributed by atoms with van der Waals surface area (Å²) in [5.74, 6) is -0.725. The molecule has 0 saturated heterocycles. The Balaban J connectivity index is 1.92. The van der Waals surface area contributed by atoms with Crippen LogP contribution in [0.3, 0.4) is 0 Å². The van der Waals surface area contributed by atoms with Crippen molar-refractivity contribution in [3.05, 3.63) is 75.7 Å². The van der Waals surface area contributed by atoms with Crippen LogP contribution in [0.5, 0.6) is 0 Å². The zero-order valence-corrected chi connectivity index (χ0v) is 16.1. The van der Waals surface area contributed by atoms with E-state index >= 15 is 0 Å². The van der Waals surface area contributed by atoms with E-state index in [4.69, 9.17) is 0 Å². The van der Waals surface area contributed by atoms with Gasteiger partial charge in [-0.1, -0.05) is 49.7 Å². The summed E-state index contributed by atoms with van der Waals surface area (Å²) >= 11 is 0. The Labute approximate surface area is 170 Å². The van der Waals surface area contributed by atoms with Crippen LogP contribution >= 0.6 is 0 Å². The summed E-state index contributed by atoms with van der Waals surface area (Å²) in [6.45, 7) is 2.32. The number of aryl methyl sites for hydroxylation is 1. The van der Waals surface area contributed by atoms with E-state index in [0.717, 1.165) is 18.7 Å². The van der Waals surface area contributed by atoms with E-state index in [9.17, 15) is 22.8 Å². The first-order valence-electron chi connectivity index (χ1n) is 9.32. The molecular formula is C21H19F3N4O2. The minimum atomic E-state index is -4.54. The van der Waals surface area contributed by atoms with Crippen LogP contribution in [-0.4, -0.2) is 21.9 Å². The Morgan fingerprint density at radius 3 is 2.50 bits per heavy atom. The maximum atomic E-state index is 13.1. The van der Waals surface area contributed by atoms with Gasteiger partial charge in [0.15, 0.2) is 5.69 Å². The molecule has 0 spiro atoms. The quantitative estimate of drug-likeness (QED) is 0.488. The fourth-order valence-corrected chi connectivity index (χ4v) is 2.94. The lowest BCUT2D eigenvalue weighted by Crippen LogP contribution is -2.29. The number of nitrogens with zero attached hydrogens (tertiary/aromatic N) is 3. The van der Waals surface area contributed by atoms with Gasteiger partial charge in [-0.15, -0.1) is 0 Å².